The fourth-order valence-electron chi connectivity index (χ4n) is 4.97. The Morgan fingerprint density at radius 3 is 2.61 bits per heavy atom. The standard InChI is InChI=1S/C20H30O3/c1-14(2)6-5-10-19(3)11-9-18(23)20(4)16(13-22)15(12-21)7-8-17(19)20/h6-7,12-13,16-18,23H,5,8-11H2,1-4H3/t16-,17+,18-,19-,20-/m1/s1. The number of carbonyl (C=O) groups is 2. The van der Waals surface area contributed by atoms with Gasteiger partial charge < -0.3 is 9.90 Å². The quantitative estimate of drug-likeness (QED) is 0.618. The maximum atomic E-state index is 11.7. The van der Waals surface area contributed by atoms with E-state index in [9.17, 15) is 14.7 Å². The highest BCUT2D eigenvalue weighted by atomic mass is 16.3. The van der Waals surface area contributed by atoms with Gasteiger partial charge in [0.25, 0.3) is 0 Å². The second kappa shape index (κ2) is 6.72. The molecule has 0 heterocycles. The maximum absolute atomic E-state index is 11.7. The molecule has 1 saturated carbocycles. The molecule has 0 spiro atoms. The van der Waals surface area contributed by atoms with Gasteiger partial charge in [-0.25, -0.2) is 0 Å². The lowest BCUT2D eigenvalue weighted by molar-refractivity contribution is -0.147. The normalized spacial score (nSPS) is 39.9. The number of rotatable bonds is 5. The predicted octanol–water partition coefficient (Wildman–Crippen LogP) is 3.86. The molecule has 128 valence electrons. The lowest BCUT2D eigenvalue weighted by Crippen LogP contribution is -2.57. The van der Waals surface area contributed by atoms with E-state index in [4.69, 9.17) is 0 Å². The molecular weight excluding hydrogens is 288 g/mol. The van der Waals surface area contributed by atoms with Crippen LogP contribution in [0.4, 0.5) is 0 Å². The molecule has 2 rings (SSSR count). The average molecular weight is 318 g/mol. The van der Waals surface area contributed by atoms with E-state index >= 15 is 0 Å². The highest BCUT2D eigenvalue weighted by molar-refractivity contribution is 5.82. The van der Waals surface area contributed by atoms with Crippen LogP contribution in [-0.4, -0.2) is 23.8 Å². The van der Waals surface area contributed by atoms with Crippen LogP contribution in [0.25, 0.3) is 0 Å². The van der Waals surface area contributed by atoms with E-state index in [2.05, 4.69) is 26.8 Å². The van der Waals surface area contributed by atoms with Crippen LogP contribution in [0, 0.1) is 22.7 Å². The first kappa shape index (κ1) is 18.1. The van der Waals surface area contributed by atoms with Crippen LogP contribution in [0.5, 0.6) is 0 Å². The molecule has 3 nitrogen and oxygen atoms in total. The predicted molar refractivity (Wildman–Crippen MR) is 91.9 cm³/mol. The van der Waals surface area contributed by atoms with Gasteiger partial charge in [0.05, 0.1) is 12.0 Å². The zero-order chi connectivity index (χ0) is 17.3. The molecule has 5 atom stereocenters. The summed E-state index contributed by atoms with van der Waals surface area (Å²) in [5, 5.41) is 10.7. The third kappa shape index (κ3) is 3.08. The van der Waals surface area contributed by atoms with Gasteiger partial charge in [0.15, 0.2) is 0 Å². The number of aldehydes is 2. The van der Waals surface area contributed by atoms with Crippen LogP contribution >= 0.6 is 0 Å². The van der Waals surface area contributed by atoms with E-state index in [-0.39, 0.29) is 11.3 Å². The molecule has 3 heteroatoms. The summed E-state index contributed by atoms with van der Waals surface area (Å²) in [6.45, 7) is 8.52. The molecule has 0 aromatic carbocycles. The van der Waals surface area contributed by atoms with Gasteiger partial charge in [0.2, 0.25) is 0 Å². The first-order valence-corrected chi connectivity index (χ1v) is 8.71. The van der Waals surface area contributed by atoms with Crippen molar-refractivity contribution in [3.63, 3.8) is 0 Å². The van der Waals surface area contributed by atoms with E-state index < -0.39 is 17.4 Å². The van der Waals surface area contributed by atoms with E-state index in [0.29, 0.717) is 12.0 Å². The van der Waals surface area contributed by atoms with Gasteiger partial charge in [-0.2, -0.15) is 0 Å². The van der Waals surface area contributed by atoms with Crippen molar-refractivity contribution >= 4 is 12.6 Å². The lowest BCUT2D eigenvalue weighted by Gasteiger charge is -2.58. The number of hydrogen-bond acceptors (Lipinski definition) is 3. The molecule has 0 aromatic heterocycles. The third-order valence-corrected chi connectivity index (χ3v) is 6.46. The molecule has 0 amide bonds. The van der Waals surface area contributed by atoms with Gasteiger partial charge in [-0.05, 0) is 62.9 Å². The van der Waals surface area contributed by atoms with E-state index in [1.165, 1.54) is 5.57 Å². The Hall–Kier alpha value is -1.22. The van der Waals surface area contributed by atoms with E-state index in [0.717, 1.165) is 38.3 Å². The zero-order valence-corrected chi connectivity index (χ0v) is 14.8. The van der Waals surface area contributed by atoms with Gasteiger partial charge in [-0.1, -0.05) is 31.6 Å². The van der Waals surface area contributed by atoms with Crippen molar-refractivity contribution in [3.05, 3.63) is 23.3 Å². The highest BCUT2D eigenvalue weighted by Crippen LogP contribution is 2.60. The minimum Gasteiger partial charge on any atom is -0.393 e. The first-order valence-electron chi connectivity index (χ1n) is 8.71. The Labute approximate surface area is 139 Å². The van der Waals surface area contributed by atoms with Crippen LogP contribution in [0.1, 0.15) is 59.8 Å². The van der Waals surface area contributed by atoms with Gasteiger partial charge in [-0.15, -0.1) is 0 Å². The van der Waals surface area contributed by atoms with Crippen LogP contribution < -0.4 is 0 Å². The second-order valence-electron chi connectivity index (χ2n) is 8.12. The summed E-state index contributed by atoms with van der Waals surface area (Å²) < 4.78 is 0. The number of aliphatic hydroxyl groups is 1. The van der Waals surface area contributed by atoms with Crippen LogP contribution in [0.3, 0.4) is 0 Å². The number of allylic oxidation sites excluding steroid dienone is 4. The van der Waals surface area contributed by atoms with E-state index in [1.807, 2.05) is 13.0 Å². The Morgan fingerprint density at radius 2 is 2.04 bits per heavy atom. The largest absolute Gasteiger partial charge is 0.393 e. The molecule has 0 unspecified atom stereocenters. The molecule has 0 radical (unpaired) electrons. The number of fused-ring (bicyclic) bond motifs is 1. The summed E-state index contributed by atoms with van der Waals surface area (Å²) in [7, 11) is 0. The molecular formula is C20H30O3. The van der Waals surface area contributed by atoms with Crippen LogP contribution in [0.15, 0.2) is 23.3 Å². The summed E-state index contributed by atoms with van der Waals surface area (Å²) in [5.41, 5.74) is 1.42. The minimum absolute atomic E-state index is 0.0894. The Balaban J connectivity index is 2.37. The van der Waals surface area contributed by atoms with Crippen LogP contribution in [0.2, 0.25) is 0 Å². The van der Waals surface area contributed by atoms with Crippen molar-refractivity contribution in [3.8, 4) is 0 Å². The summed E-state index contributed by atoms with van der Waals surface area (Å²) in [6.07, 6.45) is 9.87. The molecule has 2 aliphatic rings. The molecule has 1 N–H and O–H groups in total. The number of hydrogen-bond donors (Lipinski definition) is 1. The molecule has 0 aliphatic heterocycles. The molecule has 23 heavy (non-hydrogen) atoms. The monoisotopic (exact) mass is 318 g/mol. The zero-order valence-electron chi connectivity index (χ0n) is 14.8. The Kier molecular flexibility index (Phi) is 5.30. The smallest absolute Gasteiger partial charge is 0.146 e. The third-order valence-electron chi connectivity index (χ3n) is 6.46. The fraction of sp³-hybridized carbons (Fsp3) is 0.700. The summed E-state index contributed by atoms with van der Waals surface area (Å²) in [6, 6.07) is 0. The maximum Gasteiger partial charge on any atom is 0.146 e. The summed E-state index contributed by atoms with van der Waals surface area (Å²) in [4.78, 5) is 23.1. The summed E-state index contributed by atoms with van der Waals surface area (Å²) in [5.74, 6) is -0.264. The molecule has 0 saturated heterocycles. The average Bonchev–Trinajstić information content (AvgIpc) is 2.50. The number of carbonyl (C=O) groups excluding carboxylic acids is 2. The fourth-order valence-corrected chi connectivity index (χ4v) is 4.97. The Bertz CT molecular complexity index is 529. The minimum atomic E-state index is -0.537. The van der Waals surface area contributed by atoms with Crippen LogP contribution in [-0.2, 0) is 9.59 Å². The van der Waals surface area contributed by atoms with E-state index in [1.54, 1.807) is 0 Å². The van der Waals surface area contributed by atoms with Gasteiger partial charge in [0, 0.05) is 5.41 Å². The summed E-state index contributed by atoms with van der Waals surface area (Å²) >= 11 is 0. The Morgan fingerprint density at radius 1 is 1.35 bits per heavy atom. The molecule has 0 bridgehead atoms. The SMILES string of the molecule is CC(C)=CCC[C@]1(C)CC[C@@H](O)[C@]2(C)[C@H](C=O)C(C=O)=CC[C@@H]12. The van der Waals surface area contributed by atoms with Gasteiger partial charge in [-0.3, -0.25) is 4.79 Å². The second-order valence-corrected chi connectivity index (χ2v) is 8.12. The molecule has 2 aliphatic carbocycles. The van der Waals surface area contributed by atoms with Crippen molar-refractivity contribution in [2.45, 2.75) is 65.9 Å². The van der Waals surface area contributed by atoms with Crippen molar-refractivity contribution in [2.75, 3.05) is 0 Å². The number of aliphatic hydroxyl groups excluding tert-OH is 1. The topological polar surface area (TPSA) is 54.4 Å². The van der Waals surface area contributed by atoms with Gasteiger partial charge in [0.1, 0.15) is 12.6 Å². The van der Waals surface area contributed by atoms with Crippen molar-refractivity contribution in [1.82, 2.24) is 0 Å². The highest BCUT2D eigenvalue weighted by Gasteiger charge is 2.58. The van der Waals surface area contributed by atoms with Crippen molar-refractivity contribution in [2.24, 2.45) is 22.7 Å². The van der Waals surface area contributed by atoms with Crippen molar-refractivity contribution in [1.29, 1.82) is 0 Å². The molecule has 1 fully saturated rings. The molecule has 0 aromatic rings. The van der Waals surface area contributed by atoms with Gasteiger partial charge >= 0.3 is 0 Å². The van der Waals surface area contributed by atoms with Crippen molar-refractivity contribution < 1.29 is 14.7 Å². The lowest BCUT2D eigenvalue weighted by atomic mass is 9.46. The first-order chi connectivity index (χ1) is 10.8.